The topological polar surface area (TPSA) is 70.7 Å². The monoisotopic (exact) mass is 433 g/mol. The first kappa shape index (κ1) is 21.5. The first-order valence-electron chi connectivity index (χ1n) is 9.77. The fraction of sp³-hybridized carbons (Fsp3) is 0.381. The van der Waals surface area contributed by atoms with Gasteiger partial charge < -0.3 is 15.4 Å². The van der Waals surface area contributed by atoms with Crippen molar-refractivity contribution in [2.24, 2.45) is 0 Å². The number of piperidine rings is 1. The summed E-state index contributed by atoms with van der Waals surface area (Å²) in [6.07, 6.45) is 3.78. The molecule has 0 atom stereocenters. The van der Waals surface area contributed by atoms with Crippen molar-refractivity contribution in [1.82, 2.24) is 9.62 Å². The second kappa shape index (κ2) is 10.0. The van der Waals surface area contributed by atoms with Crippen molar-refractivity contribution in [3.63, 3.8) is 0 Å². The summed E-state index contributed by atoms with van der Waals surface area (Å²) in [7, 11) is -1.76. The summed E-state index contributed by atoms with van der Waals surface area (Å²) in [5.41, 5.74) is 1.94. The van der Waals surface area contributed by atoms with Crippen molar-refractivity contribution >= 4 is 33.0 Å². The van der Waals surface area contributed by atoms with E-state index in [4.69, 9.17) is 17.0 Å². The van der Waals surface area contributed by atoms with Crippen LogP contribution in [0.15, 0.2) is 53.4 Å². The van der Waals surface area contributed by atoms with E-state index in [0.717, 1.165) is 37.1 Å². The highest BCUT2D eigenvalue weighted by Gasteiger charge is 2.25. The molecule has 0 radical (unpaired) electrons. The molecule has 1 fully saturated rings. The number of nitrogens with zero attached hydrogens (tertiary/aromatic N) is 1. The van der Waals surface area contributed by atoms with Crippen LogP contribution in [-0.2, 0) is 16.4 Å². The molecule has 0 saturated carbocycles. The molecule has 3 rings (SSSR count). The predicted molar refractivity (Wildman–Crippen MR) is 120 cm³/mol. The molecule has 0 bridgehead atoms. The Kier molecular flexibility index (Phi) is 7.46. The van der Waals surface area contributed by atoms with Crippen LogP contribution in [-0.4, -0.2) is 44.6 Å². The van der Waals surface area contributed by atoms with Crippen LogP contribution in [0.4, 0.5) is 5.69 Å². The lowest BCUT2D eigenvalue weighted by molar-refractivity contribution is 0.346. The minimum Gasteiger partial charge on any atom is -0.497 e. The highest BCUT2D eigenvalue weighted by Crippen LogP contribution is 2.22. The summed E-state index contributed by atoms with van der Waals surface area (Å²) in [5.74, 6) is 0.838. The third kappa shape index (κ3) is 5.91. The first-order valence-corrected chi connectivity index (χ1v) is 11.6. The van der Waals surface area contributed by atoms with Gasteiger partial charge in [-0.25, -0.2) is 8.42 Å². The average Bonchev–Trinajstić information content (AvgIpc) is 2.75. The van der Waals surface area contributed by atoms with Crippen LogP contribution in [0.2, 0.25) is 0 Å². The van der Waals surface area contributed by atoms with Crippen LogP contribution in [0.5, 0.6) is 5.75 Å². The second-order valence-corrected chi connectivity index (χ2v) is 9.31. The van der Waals surface area contributed by atoms with Gasteiger partial charge in [0.1, 0.15) is 5.75 Å². The van der Waals surface area contributed by atoms with Gasteiger partial charge in [-0.3, -0.25) is 0 Å². The number of hydrogen-bond donors (Lipinski definition) is 2. The summed E-state index contributed by atoms with van der Waals surface area (Å²) in [4.78, 5) is 0.323. The zero-order valence-electron chi connectivity index (χ0n) is 16.6. The lowest BCUT2D eigenvalue weighted by Crippen LogP contribution is -2.35. The van der Waals surface area contributed by atoms with Gasteiger partial charge in [0.15, 0.2) is 5.11 Å². The molecule has 1 saturated heterocycles. The van der Waals surface area contributed by atoms with Gasteiger partial charge in [0.2, 0.25) is 10.0 Å². The highest BCUT2D eigenvalue weighted by atomic mass is 32.2. The lowest BCUT2D eigenvalue weighted by Gasteiger charge is -2.25. The van der Waals surface area contributed by atoms with E-state index in [2.05, 4.69) is 10.6 Å². The van der Waals surface area contributed by atoms with Crippen LogP contribution < -0.4 is 15.4 Å². The van der Waals surface area contributed by atoms with Gasteiger partial charge in [-0.2, -0.15) is 4.31 Å². The molecule has 0 amide bonds. The number of methoxy groups -OCH3 is 1. The van der Waals surface area contributed by atoms with Gasteiger partial charge in [0.05, 0.1) is 12.0 Å². The van der Waals surface area contributed by atoms with Crippen LogP contribution in [0, 0.1) is 0 Å². The third-order valence-corrected chi connectivity index (χ3v) is 7.08. The molecule has 1 aliphatic rings. The standard InChI is InChI=1S/C21H27N3O3S2/c1-27-19-9-5-17(6-10-19)13-14-22-21(28)23-18-7-11-20(12-8-18)29(25,26)24-15-3-2-4-16-24/h5-12H,2-4,13-16H2,1H3,(H2,22,23,28). The third-order valence-electron chi connectivity index (χ3n) is 4.92. The highest BCUT2D eigenvalue weighted by molar-refractivity contribution is 7.89. The molecule has 2 aromatic carbocycles. The molecule has 2 aromatic rings. The summed E-state index contributed by atoms with van der Waals surface area (Å²) >= 11 is 5.33. The van der Waals surface area contributed by atoms with Crippen molar-refractivity contribution in [2.75, 3.05) is 32.1 Å². The van der Waals surface area contributed by atoms with Crippen LogP contribution in [0.25, 0.3) is 0 Å². The zero-order chi connectivity index (χ0) is 20.7. The summed E-state index contributed by atoms with van der Waals surface area (Å²) in [6, 6.07) is 14.7. The van der Waals surface area contributed by atoms with Gasteiger partial charge in [-0.05, 0) is 73.4 Å². The Labute approximate surface area is 178 Å². The molecule has 0 spiro atoms. The van der Waals surface area contributed by atoms with Gasteiger partial charge >= 0.3 is 0 Å². The van der Waals surface area contributed by atoms with Crippen LogP contribution in [0.1, 0.15) is 24.8 Å². The Morgan fingerprint density at radius 3 is 2.31 bits per heavy atom. The molecule has 29 heavy (non-hydrogen) atoms. The number of thiocarbonyl (C=S) groups is 1. The molecular formula is C21H27N3O3S2. The molecule has 0 unspecified atom stereocenters. The lowest BCUT2D eigenvalue weighted by atomic mass is 10.1. The van der Waals surface area contributed by atoms with Crippen molar-refractivity contribution in [1.29, 1.82) is 0 Å². The fourth-order valence-corrected chi connectivity index (χ4v) is 4.99. The Morgan fingerprint density at radius 1 is 1.03 bits per heavy atom. The molecule has 6 nitrogen and oxygen atoms in total. The number of rotatable bonds is 7. The molecule has 156 valence electrons. The van der Waals surface area contributed by atoms with E-state index in [9.17, 15) is 8.42 Å². The molecule has 1 aliphatic heterocycles. The molecule has 0 aliphatic carbocycles. The number of anilines is 1. The summed E-state index contributed by atoms with van der Waals surface area (Å²) in [5, 5.41) is 6.77. The maximum absolute atomic E-state index is 12.7. The molecule has 1 heterocycles. The van der Waals surface area contributed by atoms with Crippen LogP contribution >= 0.6 is 12.2 Å². The Hall–Kier alpha value is -2.16. The van der Waals surface area contributed by atoms with Crippen molar-refractivity contribution in [3.8, 4) is 5.75 Å². The van der Waals surface area contributed by atoms with Crippen molar-refractivity contribution in [3.05, 3.63) is 54.1 Å². The minimum atomic E-state index is -3.41. The first-order chi connectivity index (χ1) is 14.0. The second-order valence-electron chi connectivity index (χ2n) is 6.97. The number of benzene rings is 2. The number of hydrogen-bond acceptors (Lipinski definition) is 4. The maximum atomic E-state index is 12.7. The molecule has 2 N–H and O–H groups in total. The summed E-state index contributed by atoms with van der Waals surface area (Å²) in [6.45, 7) is 1.90. The normalized spacial score (nSPS) is 14.9. The van der Waals surface area contributed by atoms with Gasteiger partial charge in [-0.15, -0.1) is 0 Å². The van der Waals surface area contributed by atoms with E-state index < -0.39 is 10.0 Å². The van der Waals surface area contributed by atoms with E-state index >= 15 is 0 Å². The average molecular weight is 434 g/mol. The van der Waals surface area contributed by atoms with Gasteiger partial charge in [0, 0.05) is 25.3 Å². The number of ether oxygens (including phenoxy) is 1. The number of sulfonamides is 1. The quantitative estimate of drug-likeness (QED) is 0.652. The van der Waals surface area contributed by atoms with Crippen molar-refractivity contribution in [2.45, 2.75) is 30.6 Å². The minimum absolute atomic E-state index is 0.323. The van der Waals surface area contributed by atoms with E-state index in [1.807, 2.05) is 24.3 Å². The largest absolute Gasteiger partial charge is 0.497 e. The SMILES string of the molecule is COc1ccc(CCNC(=S)Nc2ccc(S(=O)(=O)N3CCCCC3)cc2)cc1. The van der Waals surface area contributed by atoms with E-state index in [0.29, 0.717) is 29.6 Å². The van der Waals surface area contributed by atoms with E-state index in [-0.39, 0.29) is 0 Å². The van der Waals surface area contributed by atoms with E-state index in [1.165, 1.54) is 5.56 Å². The predicted octanol–water partition coefficient (Wildman–Crippen LogP) is 3.40. The number of nitrogens with one attached hydrogen (secondary N) is 2. The van der Waals surface area contributed by atoms with Crippen LogP contribution in [0.3, 0.4) is 0 Å². The molecule has 0 aromatic heterocycles. The molecule has 8 heteroatoms. The molecular weight excluding hydrogens is 406 g/mol. The van der Waals surface area contributed by atoms with Gasteiger partial charge in [0.25, 0.3) is 0 Å². The summed E-state index contributed by atoms with van der Waals surface area (Å²) < 4.78 is 32.1. The Morgan fingerprint density at radius 2 is 1.69 bits per heavy atom. The Balaban J connectivity index is 1.49. The maximum Gasteiger partial charge on any atom is 0.243 e. The zero-order valence-corrected chi connectivity index (χ0v) is 18.2. The van der Waals surface area contributed by atoms with Gasteiger partial charge in [-0.1, -0.05) is 18.6 Å². The smallest absolute Gasteiger partial charge is 0.243 e. The van der Waals surface area contributed by atoms with E-state index in [1.54, 1.807) is 35.7 Å². The fourth-order valence-electron chi connectivity index (χ4n) is 3.25. The Bertz CT molecular complexity index is 907. The van der Waals surface area contributed by atoms with Crippen molar-refractivity contribution < 1.29 is 13.2 Å².